The van der Waals surface area contributed by atoms with Crippen molar-refractivity contribution in [3.05, 3.63) is 0 Å². The lowest BCUT2D eigenvalue weighted by molar-refractivity contribution is -0.131. The molecule has 0 aromatic carbocycles. The Bertz CT molecular complexity index is 314. The molecule has 102 valence electrons. The van der Waals surface area contributed by atoms with Gasteiger partial charge in [-0.25, -0.2) is 0 Å². The van der Waals surface area contributed by atoms with E-state index in [4.69, 9.17) is 0 Å². The minimum atomic E-state index is -0.224. The standard InChI is InChI=1S/C15H25NO2/c1-10(2)14(17)13(11-6-4-3-5-7-11)16-15(18)12-8-9-12/h10-13H,3-9H2,1-2H3,(H,16,18). The molecular weight excluding hydrogens is 226 g/mol. The summed E-state index contributed by atoms with van der Waals surface area (Å²) in [6.45, 7) is 3.86. The van der Waals surface area contributed by atoms with E-state index in [1.807, 2.05) is 13.8 Å². The molecule has 1 amide bonds. The first-order valence-corrected chi connectivity index (χ1v) is 7.43. The van der Waals surface area contributed by atoms with Gasteiger partial charge in [-0.2, -0.15) is 0 Å². The van der Waals surface area contributed by atoms with E-state index in [0.717, 1.165) is 25.7 Å². The molecular formula is C15H25NO2. The quantitative estimate of drug-likeness (QED) is 0.816. The lowest BCUT2D eigenvalue weighted by Crippen LogP contribution is -2.48. The number of nitrogens with one attached hydrogen (secondary N) is 1. The van der Waals surface area contributed by atoms with Crippen LogP contribution in [-0.4, -0.2) is 17.7 Å². The fourth-order valence-electron chi connectivity index (χ4n) is 2.86. The molecule has 0 bridgehead atoms. The van der Waals surface area contributed by atoms with Crippen molar-refractivity contribution in [3.8, 4) is 0 Å². The summed E-state index contributed by atoms with van der Waals surface area (Å²) in [7, 11) is 0. The molecule has 1 atom stereocenters. The second-order valence-corrected chi connectivity index (χ2v) is 6.22. The zero-order valence-electron chi connectivity index (χ0n) is 11.6. The van der Waals surface area contributed by atoms with E-state index in [9.17, 15) is 9.59 Å². The van der Waals surface area contributed by atoms with Crippen LogP contribution in [0.3, 0.4) is 0 Å². The molecule has 0 radical (unpaired) electrons. The fraction of sp³-hybridized carbons (Fsp3) is 0.867. The maximum Gasteiger partial charge on any atom is 0.223 e. The number of Topliss-reactive ketones (excluding diaryl/α,β-unsaturated/α-hetero) is 1. The van der Waals surface area contributed by atoms with Crippen LogP contribution in [0.1, 0.15) is 58.8 Å². The number of carbonyl (C=O) groups is 2. The summed E-state index contributed by atoms with van der Waals surface area (Å²) < 4.78 is 0. The second-order valence-electron chi connectivity index (χ2n) is 6.22. The third kappa shape index (κ3) is 3.33. The molecule has 1 unspecified atom stereocenters. The van der Waals surface area contributed by atoms with Crippen LogP contribution in [0.15, 0.2) is 0 Å². The highest BCUT2D eigenvalue weighted by Crippen LogP contribution is 2.31. The lowest BCUT2D eigenvalue weighted by atomic mass is 9.80. The van der Waals surface area contributed by atoms with Gasteiger partial charge in [0.15, 0.2) is 5.78 Å². The summed E-state index contributed by atoms with van der Waals surface area (Å²) in [6.07, 6.45) is 7.85. The van der Waals surface area contributed by atoms with Gasteiger partial charge >= 0.3 is 0 Å². The average molecular weight is 251 g/mol. The van der Waals surface area contributed by atoms with E-state index in [2.05, 4.69) is 5.32 Å². The van der Waals surface area contributed by atoms with E-state index in [1.165, 1.54) is 19.3 Å². The van der Waals surface area contributed by atoms with E-state index >= 15 is 0 Å². The molecule has 2 aliphatic rings. The van der Waals surface area contributed by atoms with E-state index < -0.39 is 0 Å². The first kappa shape index (κ1) is 13.6. The topological polar surface area (TPSA) is 46.2 Å². The van der Waals surface area contributed by atoms with Gasteiger partial charge in [-0.15, -0.1) is 0 Å². The summed E-state index contributed by atoms with van der Waals surface area (Å²) in [4.78, 5) is 24.2. The van der Waals surface area contributed by atoms with Gasteiger partial charge in [-0.05, 0) is 31.6 Å². The monoisotopic (exact) mass is 251 g/mol. The Balaban J connectivity index is 2.00. The molecule has 1 N–H and O–H groups in total. The number of hydrogen-bond donors (Lipinski definition) is 1. The van der Waals surface area contributed by atoms with Crippen LogP contribution in [0.2, 0.25) is 0 Å². The van der Waals surface area contributed by atoms with E-state index in [1.54, 1.807) is 0 Å². The Kier molecular flexibility index (Phi) is 4.41. The number of amides is 1. The molecule has 18 heavy (non-hydrogen) atoms. The van der Waals surface area contributed by atoms with Crippen molar-refractivity contribution in [1.29, 1.82) is 0 Å². The first-order chi connectivity index (χ1) is 8.59. The third-order valence-electron chi connectivity index (χ3n) is 4.24. The summed E-state index contributed by atoms with van der Waals surface area (Å²) in [5.74, 6) is 0.902. The van der Waals surface area contributed by atoms with Gasteiger partial charge in [0, 0.05) is 11.8 Å². The minimum absolute atomic E-state index is 0.0106. The van der Waals surface area contributed by atoms with Crippen molar-refractivity contribution in [2.75, 3.05) is 0 Å². The molecule has 0 saturated heterocycles. The Morgan fingerprint density at radius 1 is 1.00 bits per heavy atom. The predicted octanol–water partition coefficient (Wildman–Crippen LogP) is 2.69. The van der Waals surface area contributed by atoms with Crippen molar-refractivity contribution in [3.63, 3.8) is 0 Å². The lowest BCUT2D eigenvalue weighted by Gasteiger charge is -2.31. The van der Waals surface area contributed by atoms with Crippen molar-refractivity contribution in [1.82, 2.24) is 5.32 Å². The highest BCUT2D eigenvalue weighted by atomic mass is 16.2. The van der Waals surface area contributed by atoms with Crippen molar-refractivity contribution in [2.45, 2.75) is 64.8 Å². The average Bonchev–Trinajstić information content (AvgIpc) is 3.20. The summed E-state index contributed by atoms with van der Waals surface area (Å²) in [6, 6.07) is -0.224. The molecule has 2 saturated carbocycles. The Labute approximate surface area is 110 Å². The maximum atomic E-state index is 12.3. The molecule has 3 heteroatoms. The van der Waals surface area contributed by atoms with Crippen molar-refractivity contribution >= 4 is 11.7 Å². The van der Waals surface area contributed by atoms with Gasteiger partial charge in [-0.1, -0.05) is 33.1 Å². The second kappa shape index (κ2) is 5.85. The van der Waals surface area contributed by atoms with Crippen LogP contribution in [0.5, 0.6) is 0 Å². The van der Waals surface area contributed by atoms with Crippen LogP contribution < -0.4 is 5.32 Å². The third-order valence-corrected chi connectivity index (χ3v) is 4.24. The number of rotatable bonds is 5. The van der Waals surface area contributed by atoms with Crippen LogP contribution in [0.25, 0.3) is 0 Å². The zero-order chi connectivity index (χ0) is 13.1. The SMILES string of the molecule is CC(C)C(=O)C(NC(=O)C1CC1)C1CCCCC1. The molecule has 2 rings (SSSR count). The maximum absolute atomic E-state index is 12.3. The van der Waals surface area contributed by atoms with Gasteiger partial charge in [0.05, 0.1) is 6.04 Å². The Morgan fingerprint density at radius 2 is 1.61 bits per heavy atom. The van der Waals surface area contributed by atoms with Crippen LogP contribution in [0.4, 0.5) is 0 Å². The molecule has 0 aromatic rings. The summed E-state index contributed by atoms with van der Waals surface area (Å²) in [5, 5.41) is 3.04. The predicted molar refractivity (Wildman–Crippen MR) is 71.1 cm³/mol. The van der Waals surface area contributed by atoms with E-state index in [-0.39, 0.29) is 29.6 Å². The number of ketones is 1. The minimum Gasteiger partial charge on any atom is -0.346 e. The Morgan fingerprint density at radius 3 is 2.11 bits per heavy atom. The smallest absolute Gasteiger partial charge is 0.223 e. The highest BCUT2D eigenvalue weighted by molar-refractivity contribution is 5.91. The van der Waals surface area contributed by atoms with Gasteiger partial charge in [0.2, 0.25) is 5.91 Å². The Hall–Kier alpha value is -0.860. The molecule has 0 heterocycles. The van der Waals surface area contributed by atoms with E-state index in [0.29, 0.717) is 5.92 Å². The number of carbonyl (C=O) groups excluding carboxylic acids is 2. The van der Waals surface area contributed by atoms with Crippen LogP contribution in [-0.2, 0) is 9.59 Å². The van der Waals surface area contributed by atoms with Gasteiger partial charge in [0.1, 0.15) is 0 Å². The largest absolute Gasteiger partial charge is 0.346 e. The molecule has 3 nitrogen and oxygen atoms in total. The van der Waals surface area contributed by atoms with Crippen molar-refractivity contribution < 1.29 is 9.59 Å². The fourth-order valence-corrected chi connectivity index (χ4v) is 2.86. The summed E-state index contributed by atoms with van der Waals surface area (Å²) >= 11 is 0. The molecule has 2 fully saturated rings. The van der Waals surface area contributed by atoms with Crippen molar-refractivity contribution in [2.24, 2.45) is 17.8 Å². The van der Waals surface area contributed by atoms with Gasteiger partial charge in [-0.3, -0.25) is 9.59 Å². The zero-order valence-corrected chi connectivity index (χ0v) is 11.6. The molecule has 2 aliphatic carbocycles. The highest BCUT2D eigenvalue weighted by Gasteiger charge is 2.36. The molecule has 0 spiro atoms. The molecule has 0 aliphatic heterocycles. The van der Waals surface area contributed by atoms with Crippen LogP contribution in [0, 0.1) is 17.8 Å². The first-order valence-electron chi connectivity index (χ1n) is 7.43. The normalized spacial score (nSPS) is 22.8. The number of hydrogen-bond acceptors (Lipinski definition) is 2. The summed E-state index contributed by atoms with van der Waals surface area (Å²) in [5.41, 5.74) is 0. The molecule has 0 aromatic heterocycles. The van der Waals surface area contributed by atoms with Crippen LogP contribution >= 0.6 is 0 Å². The van der Waals surface area contributed by atoms with Gasteiger partial charge in [0.25, 0.3) is 0 Å². The van der Waals surface area contributed by atoms with Gasteiger partial charge < -0.3 is 5.32 Å².